The van der Waals surface area contributed by atoms with E-state index in [-0.39, 0.29) is 11.3 Å². The van der Waals surface area contributed by atoms with Crippen molar-refractivity contribution >= 4 is 5.97 Å². The Morgan fingerprint density at radius 3 is 2.80 bits per heavy atom. The molecule has 0 amide bonds. The molecule has 0 radical (unpaired) electrons. The van der Waals surface area contributed by atoms with Crippen LogP contribution in [0.2, 0.25) is 0 Å². The minimum absolute atomic E-state index is 0.171. The van der Waals surface area contributed by atoms with E-state index in [9.17, 15) is 9.59 Å². The first-order valence-corrected chi connectivity index (χ1v) is 4.94. The third-order valence-electron chi connectivity index (χ3n) is 1.79. The van der Waals surface area contributed by atoms with Gasteiger partial charge >= 0.3 is 5.97 Å². The Kier molecular flexibility index (Phi) is 4.03. The van der Waals surface area contributed by atoms with Crippen molar-refractivity contribution in [2.75, 3.05) is 6.61 Å². The molecule has 0 aliphatic carbocycles. The zero-order chi connectivity index (χ0) is 11.3. The number of nitrogens with zero attached hydrogens (tertiary/aromatic N) is 2. The van der Waals surface area contributed by atoms with E-state index >= 15 is 0 Å². The maximum Gasteiger partial charge on any atom is 0.358 e. The maximum atomic E-state index is 11.3. The van der Waals surface area contributed by atoms with Crippen LogP contribution in [0.4, 0.5) is 0 Å². The number of carbonyl (C=O) groups is 1. The minimum Gasteiger partial charge on any atom is -0.461 e. The van der Waals surface area contributed by atoms with Gasteiger partial charge in [-0.2, -0.15) is 5.10 Å². The molecule has 0 saturated carbocycles. The molecule has 0 aliphatic heterocycles. The summed E-state index contributed by atoms with van der Waals surface area (Å²) in [7, 11) is 0. The summed E-state index contributed by atoms with van der Waals surface area (Å²) in [5.74, 6) is -0.498. The van der Waals surface area contributed by atoms with Gasteiger partial charge in [-0.15, -0.1) is 0 Å². The van der Waals surface area contributed by atoms with Crippen LogP contribution < -0.4 is 5.56 Å². The van der Waals surface area contributed by atoms with Gasteiger partial charge in [0, 0.05) is 12.6 Å². The summed E-state index contributed by atoms with van der Waals surface area (Å²) < 4.78 is 6.05. The van der Waals surface area contributed by atoms with Crippen molar-refractivity contribution < 1.29 is 9.53 Å². The highest BCUT2D eigenvalue weighted by Gasteiger charge is 2.09. The lowest BCUT2D eigenvalue weighted by molar-refractivity contribution is 0.0516. The molecule has 15 heavy (non-hydrogen) atoms. The zero-order valence-electron chi connectivity index (χ0n) is 8.90. The summed E-state index contributed by atoms with van der Waals surface area (Å²) in [6, 6.07) is 2.71. The number of hydrogen-bond donors (Lipinski definition) is 0. The molecule has 0 unspecified atom stereocenters. The summed E-state index contributed by atoms with van der Waals surface area (Å²) >= 11 is 0. The second-order valence-corrected chi connectivity index (χ2v) is 3.00. The minimum atomic E-state index is -0.498. The van der Waals surface area contributed by atoms with Crippen molar-refractivity contribution in [2.45, 2.75) is 26.8 Å². The van der Waals surface area contributed by atoms with Gasteiger partial charge in [-0.1, -0.05) is 6.92 Å². The van der Waals surface area contributed by atoms with Gasteiger partial charge < -0.3 is 4.74 Å². The molecule has 82 valence electrons. The van der Waals surface area contributed by atoms with Crippen molar-refractivity contribution in [3.63, 3.8) is 0 Å². The van der Waals surface area contributed by atoms with Crippen molar-refractivity contribution in [1.29, 1.82) is 0 Å². The molecular formula is C10H14N2O3. The average molecular weight is 210 g/mol. The number of hydrogen-bond acceptors (Lipinski definition) is 4. The molecule has 0 spiro atoms. The smallest absolute Gasteiger partial charge is 0.358 e. The fourth-order valence-electron chi connectivity index (χ4n) is 1.13. The van der Waals surface area contributed by atoms with Crippen LogP contribution in [0.3, 0.4) is 0 Å². The fraction of sp³-hybridized carbons (Fsp3) is 0.500. The molecule has 0 aliphatic rings. The molecule has 0 bridgehead atoms. The van der Waals surface area contributed by atoms with Gasteiger partial charge in [0.2, 0.25) is 0 Å². The Morgan fingerprint density at radius 1 is 1.47 bits per heavy atom. The Morgan fingerprint density at radius 2 is 2.20 bits per heavy atom. The lowest BCUT2D eigenvalue weighted by Gasteiger charge is -2.04. The van der Waals surface area contributed by atoms with Gasteiger partial charge in [0.1, 0.15) is 0 Å². The van der Waals surface area contributed by atoms with E-state index in [4.69, 9.17) is 4.74 Å². The van der Waals surface area contributed by atoms with Crippen molar-refractivity contribution in [3.8, 4) is 0 Å². The second-order valence-electron chi connectivity index (χ2n) is 3.00. The average Bonchev–Trinajstić information content (AvgIpc) is 2.22. The van der Waals surface area contributed by atoms with E-state index in [0.717, 1.165) is 6.42 Å². The first-order valence-electron chi connectivity index (χ1n) is 4.94. The van der Waals surface area contributed by atoms with Crippen molar-refractivity contribution in [1.82, 2.24) is 9.78 Å². The third kappa shape index (κ3) is 2.90. The summed E-state index contributed by atoms with van der Waals surface area (Å²) in [6.45, 7) is 4.46. The monoisotopic (exact) mass is 210 g/mol. The van der Waals surface area contributed by atoms with E-state index in [2.05, 4.69) is 5.10 Å². The van der Waals surface area contributed by atoms with Crippen molar-refractivity contribution in [3.05, 3.63) is 28.2 Å². The molecule has 1 rings (SSSR count). The zero-order valence-corrected chi connectivity index (χ0v) is 8.90. The maximum absolute atomic E-state index is 11.3. The third-order valence-corrected chi connectivity index (χ3v) is 1.79. The quantitative estimate of drug-likeness (QED) is 0.690. The Hall–Kier alpha value is -1.65. The number of rotatable bonds is 4. The van der Waals surface area contributed by atoms with E-state index in [1.54, 1.807) is 6.92 Å². The molecule has 1 aromatic rings. The van der Waals surface area contributed by atoms with Crippen molar-refractivity contribution in [2.24, 2.45) is 0 Å². The molecular weight excluding hydrogens is 196 g/mol. The summed E-state index contributed by atoms with van der Waals surface area (Å²) in [5, 5.41) is 3.91. The van der Waals surface area contributed by atoms with E-state index < -0.39 is 5.97 Å². The molecule has 5 nitrogen and oxygen atoms in total. The highest BCUT2D eigenvalue weighted by Crippen LogP contribution is 1.95. The Bertz CT molecular complexity index is 398. The van der Waals surface area contributed by atoms with Gasteiger partial charge in [-0.25, -0.2) is 9.48 Å². The molecule has 0 atom stereocenters. The largest absolute Gasteiger partial charge is 0.461 e. The topological polar surface area (TPSA) is 61.2 Å². The van der Waals surface area contributed by atoms with Crippen LogP contribution in [-0.2, 0) is 11.3 Å². The Balaban J connectivity index is 2.96. The number of aromatic nitrogens is 2. The van der Waals surface area contributed by atoms with E-state index in [0.29, 0.717) is 13.2 Å². The van der Waals surface area contributed by atoms with Gasteiger partial charge in [0.05, 0.1) is 6.61 Å². The number of carbonyl (C=O) groups excluding carboxylic acids is 1. The van der Waals surface area contributed by atoms with Gasteiger partial charge in [0.15, 0.2) is 5.69 Å². The van der Waals surface area contributed by atoms with Crippen LogP contribution in [0.5, 0.6) is 0 Å². The molecule has 0 fully saturated rings. The number of ether oxygens (including phenoxy) is 1. The summed E-state index contributed by atoms with van der Waals surface area (Å²) in [5.41, 5.74) is -0.0326. The fourth-order valence-corrected chi connectivity index (χ4v) is 1.13. The molecule has 0 aromatic carbocycles. The summed E-state index contributed by atoms with van der Waals surface area (Å²) in [4.78, 5) is 22.6. The predicted molar refractivity (Wildman–Crippen MR) is 54.7 cm³/mol. The molecule has 5 heteroatoms. The van der Waals surface area contributed by atoms with Gasteiger partial charge in [0.25, 0.3) is 5.56 Å². The summed E-state index contributed by atoms with van der Waals surface area (Å²) in [6.07, 6.45) is 0.791. The highest BCUT2D eigenvalue weighted by atomic mass is 16.5. The Labute approximate surface area is 87.7 Å². The second kappa shape index (κ2) is 5.29. The lowest BCUT2D eigenvalue weighted by Crippen LogP contribution is -2.24. The van der Waals surface area contributed by atoms with Crippen LogP contribution in [0.25, 0.3) is 0 Å². The van der Waals surface area contributed by atoms with Crippen LogP contribution in [0, 0.1) is 0 Å². The van der Waals surface area contributed by atoms with Crippen LogP contribution in [0.15, 0.2) is 16.9 Å². The van der Waals surface area contributed by atoms with Crippen LogP contribution in [-0.4, -0.2) is 22.4 Å². The van der Waals surface area contributed by atoms with E-state index in [1.807, 2.05) is 6.92 Å². The molecule has 1 aromatic heterocycles. The van der Waals surface area contributed by atoms with Crippen LogP contribution >= 0.6 is 0 Å². The number of aryl methyl sites for hydroxylation is 1. The molecule has 0 N–H and O–H groups in total. The standard InChI is InChI=1S/C10H14N2O3/c1-3-7-12-9(13)6-5-8(11-12)10(14)15-4-2/h5-6H,3-4,7H2,1-2H3. The SMILES string of the molecule is CCCn1nc(C(=O)OCC)ccc1=O. The predicted octanol–water partition coefficient (Wildman–Crippen LogP) is 0.830. The lowest BCUT2D eigenvalue weighted by atomic mass is 10.4. The first kappa shape index (κ1) is 11.4. The molecule has 1 heterocycles. The normalized spacial score (nSPS) is 10.0. The van der Waals surface area contributed by atoms with Gasteiger partial charge in [-0.05, 0) is 19.4 Å². The molecule has 0 saturated heterocycles. The first-order chi connectivity index (χ1) is 7.19. The van der Waals surface area contributed by atoms with E-state index in [1.165, 1.54) is 16.8 Å². The number of esters is 1. The van der Waals surface area contributed by atoms with Gasteiger partial charge in [-0.3, -0.25) is 4.79 Å². The van der Waals surface area contributed by atoms with Crippen LogP contribution in [0.1, 0.15) is 30.8 Å². The highest BCUT2D eigenvalue weighted by molar-refractivity contribution is 5.86.